The molecule has 2 aliphatic rings. The molecule has 3 N–H and O–H groups in total. The summed E-state index contributed by atoms with van der Waals surface area (Å²) in [6.07, 6.45) is 6.62. The number of amides is 2. The number of carbonyl (C=O) groups is 2. The monoisotopic (exact) mass is 422 g/mol. The quantitative estimate of drug-likeness (QED) is 0.643. The first-order chi connectivity index (χ1) is 15.1. The van der Waals surface area contributed by atoms with E-state index in [4.69, 9.17) is 4.74 Å². The Kier molecular flexibility index (Phi) is 6.87. The number of rotatable bonds is 7. The molecule has 2 aromatic carbocycles. The van der Waals surface area contributed by atoms with E-state index in [1.165, 1.54) is 23.3 Å². The predicted molar refractivity (Wildman–Crippen MR) is 120 cm³/mol. The van der Waals surface area contributed by atoms with Gasteiger partial charge in [0, 0.05) is 18.0 Å². The molecule has 2 fully saturated rings. The lowest BCUT2D eigenvalue weighted by molar-refractivity contribution is -0.923. The zero-order valence-electron chi connectivity index (χ0n) is 18.2. The smallest absolute Gasteiger partial charge is 0.279 e. The number of ether oxygens (including phenoxy) is 1. The molecule has 0 radical (unpaired) electrons. The minimum atomic E-state index is -0.114. The van der Waals surface area contributed by atoms with E-state index in [0.29, 0.717) is 17.8 Å². The van der Waals surface area contributed by atoms with E-state index in [1.807, 2.05) is 24.3 Å². The molecule has 31 heavy (non-hydrogen) atoms. The second-order valence-electron chi connectivity index (χ2n) is 8.60. The van der Waals surface area contributed by atoms with Crippen molar-refractivity contribution in [2.75, 3.05) is 25.5 Å². The number of likely N-dealkylation sites (tertiary alicyclic amines) is 1. The number of methoxy groups -OCH3 is 1. The fraction of sp³-hybridized carbons (Fsp3) is 0.440. The molecule has 1 aliphatic heterocycles. The van der Waals surface area contributed by atoms with Gasteiger partial charge in [-0.3, -0.25) is 9.59 Å². The van der Waals surface area contributed by atoms with Crippen molar-refractivity contribution in [1.82, 2.24) is 5.32 Å². The van der Waals surface area contributed by atoms with Crippen molar-refractivity contribution < 1.29 is 19.2 Å². The average molecular weight is 423 g/mol. The maximum Gasteiger partial charge on any atom is 0.279 e. The highest BCUT2D eigenvalue weighted by atomic mass is 16.5. The summed E-state index contributed by atoms with van der Waals surface area (Å²) in [6.45, 7) is 1.35. The van der Waals surface area contributed by atoms with Gasteiger partial charge in [0.2, 0.25) is 0 Å². The third kappa shape index (κ3) is 5.64. The van der Waals surface area contributed by atoms with Crippen LogP contribution in [0.15, 0.2) is 48.5 Å². The van der Waals surface area contributed by atoms with Crippen LogP contribution < -0.4 is 20.3 Å². The summed E-state index contributed by atoms with van der Waals surface area (Å²) in [7, 11) is 1.67. The molecular weight excluding hydrogens is 390 g/mol. The number of hydrogen-bond donors (Lipinski definition) is 3. The molecule has 1 saturated heterocycles. The number of para-hydroxylation sites is 1. The summed E-state index contributed by atoms with van der Waals surface area (Å²) in [6, 6.07) is 16.0. The minimum Gasteiger partial charge on any atom is -0.497 e. The number of quaternary nitrogens is 1. The Labute approximate surface area is 184 Å². The highest BCUT2D eigenvalue weighted by Gasteiger charge is 2.29. The fourth-order valence-electron chi connectivity index (χ4n) is 4.39. The largest absolute Gasteiger partial charge is 0.497 e. The van der Waals surface area contributed by atoms with Crippen molar-refractivity contribution in [2.45, 2.75) is 50.6 Å². The first-order valence-corrected chi connectivity index (χ1v) is 11.3. The SMILES string of the molecule is COc1ccc([C@@H]2CCCCC[NH+]2CC(=O)Nc2ccccc2C(=O)NC2CC2)cc1. The number of carbonyl (C=O) groups excluding carboxylic acids is 2. The number of anilines is 1. The van der Waals surface area contributed by atoms with Gasteiger partial charge in [-0.1, -0.05) is 12.1 Å². The molecule has 2 amide bonds. The molecule has 0 bridgehead atoms. The van der Waals surface area contributed by atoms with E-state index in [9.17, 15) is 9.59 Å². The molecule has 2 atom stereocenters. The summed E-state index contributed by atoms with van der Waals surface area (Å²) >= 11 is 0. The van der Waals surface area contributed by atoms with Crippen molar-refractivity contribution in [3.63, 3.8) is 0 Å². The lowest BCUT2D eigenvalue weighted by atomic mass is 10.0. The number of nitrogens with one attached hydrogen (secondary N) is 3. The fourth-order valence-corrected chi connectivity index (χ4v) is 4.39. The molecule has 0 aromatic heterocycles. The maximum absolute atomic E-state index is 13.0. The second kappa shape index (κ2) is 9.96. The Morgan fingerprint density at radius 1 is 1.00 bits per heavy atom. The standard InChI is InChI=1S/C25H31N3O3/c1-31-20-14-10-18(11-15-20)23-9-3-2-6-16-28(23)17-24(29)27-22-8-5-4-7-21(22)25(30)26-19-12-13-19/h4-5,7-8,10-11,14-15,19,23H,2-3,6,9,12-13,16-17H2,1H3,(H,26,30)(H,27,29)/p+1/t23-/m0/s1. The Balaban J connectivity index is 1.45. The molecule has 1 unspecified atom stereocenters. The van der Waals surface area contributed by atoms with E-state index in [0.717, 1.165) is 38.0 Å². The Morgan fingerprint density at radius 3 is 2.52 bits per heavy atom. The van der Waals surface area contributed by atoms with Gasteiger partial charge in [-0.2, -0.15) is 0 Å². The van der Waals surface area contributed by atoms with Crippen LogP contribution in [0.25, 0.3) is 0 Å². The zero-order valence-corrected chi connectivity index (χ0v) is 18.2. The number of hydrogen-bond acceptors (Lipinski definition) is 3. The minimum absolute atomic E-state index is 0.0536. The molecule has 4 rings (SSSR count). The Hall–Kier alpha value is -2.86. The van der Waals surface area contributed by atoms with Gasteiger partial charge < -0.3 is 20.3 Å². The van der Waals surface area contributed by atoms with Gasteiger partial charge >= 0.3 is 0 Å². The maximum atomic E-state index is 13.0. The van der Waals surface area contributed by atoms with Crippen LogP contribution in [-0.4, -0.2) is 38.1 Å². The van der Waals surface area contributed by atoms with Gasteiger partial charge in [-0.05, 0) is 68.5 Å². The van der Waals surface area contributed by atoms with Crippen molar-refractivity contribution in [1.29, 1.82) is 0 Å². The molecule has 1 aliphatic carbocycles. The van der Waals surface area contributed by atoms with Crippen LogP contribution in [0.5, 0.6) is 5.75 Å². The molecule has 2 aromatic rings. The lowest BCUT2D eigenvalue weighted by Crippen LogP contribution is -3.13. The Morgan fingerprint density at radius 2 is 1.77 bits per heavy atom. The van der Waals surface area contributed by atoms with E-state index in [2.05, 4.69) is 22.8 Å². The van der Waals surface area contributed by atoms with Crippen LogP contribution >= 0.6 is 0 Å². The molecule has 6 nitrogen and oxygen atoms in total. The summed E-state index contributed by atoms with van der Waals surface area (Å²) < 4.78 is 5.29. The first kappa shape index (κ1) is 21.4. The number of benzene rings is 2. The van der Waals surface area contributed by atoms with Gasteiger partial charge in [-0.25, -0.2) is 0 Å². The van der Waals surface area contributed by atoms with Gasteiger partial charge in [0.15, 0.2) is 6.54 Å². The summed E-state index contributed by atoms with van der Waals surface area (Å²) in [4.78, 5) is 26.8. The van der Waals surface area contributed by atoms with Crippen LogP contribution in [-0.2, 0) is 4.79 Å². The van der Waals surface area contributed by atoms with Crippen LogP contribution in [0.1, 0.15) is 60.5 Å². The van der Waals surface area contributed by atoms with Gasteiger partial charge in [-0.15, -0.1) is 0 Å². The highest BCUT2D eigenvalue weighted by molar-refractivity contribution is 6.04. The lowest BCUT2D eigenvalue weighted by Gasteiger charge is -2.27. The van der Waals surface area contributed by atoms with E-state index < -0.39 is 0 Å². The highest BCUT2D eigenvalue weighted by Crippen LogP contribution is 2.23. The molecule has 1 saturated carbocycles. The topological polar surface area (TPSA) is 71.9 Å². The first-order valence-electron chi connectivity index (χ1n) is 11.3. The second-order valence-corrected chi connectivity index (χ2v) is 8.60. The van der Waals surface area contributed by atoms with Gasteiger partial charge in [0.05, 0.1) is 24.9 Å². The molecule has 6 heteroatoms. The predicted octanol–water partition coefficient (Wildman–Crippen LogP) is 2.73. The van der Waals surface area contributed by atoms with E-state index in [-0.39, 0.29) is 23.9 Å². The van der Waals surface area contributed by atoms with Crippen molar-refractivity contribution >= 4 is 17.5 Å². The summed E-state index contributed by atoms with van der Waals surface area (Å²) in [5.74, 6) is 0.677. The Bertz CT molecular complexity index is 908. The zero-order chi connectivity index (χ0) is 21.6. The third-order valence-corrected chi connectivity index (χ3v) is 6.25. The molecule has 164 valence electrons. The summed E-state index contributed by atoms with van der Waals surface area (Å²) in [5.41, 5.74) is 2.36. The van der Waals surface area contributed by atoms with Crippen molar-refractivity contribution in [3.8, 4) is 5.75 Å². The van der Waals surface area contributed by atoms with Crippen LogP contribution in [0, 0.1) is 0 Å². The third-order valence-electron chi connectivity index (χ3n) is 6.25. The molecular formula is C25H32N3O3+. The van der Waals surface area contributed by atoms with E-state index in [1.54, 1.807) is 19.2 Å². The average Bonchev–Trinajstić information content (AvgIpc) is 3.62. The van der Waals surface area contributed by atoms with Crippen LogP contribution in [0.3, 0.4) is 0 Å². The van der Waals surface area contributed by atoms with Crippen molar-refractivity contribution in [2.24, 2.45) is 0 Å². The van der Waals surface area contributed by atoms with Crippen LogP contribution in [0.4, 0.5) is 5.69 Å². The molecule has 1 heterocycles. The van der Waals surface area contributed by atoms with Gasteiger partial charge in [0.1, 0.15) is 11.8 Å². The van der Waals surface area contributed by atoms with Crippen molar-refractivity contribution in [3.05, 3.63) is 59.7 Å². The molecule has 0 spiro atoms. The normalized spacial score (nSPS) is 21.1. The van der Waals surface area contributed by atoms with Crippen LogP contribution in [0.2, 0.25) is 0 Å². The van der Waals surface area contributed by atoms with Gasteiger partial charge in [0.25, 0.3) is 11.8 Å². The van der Waals surface area contributed by atoms with E-state index >= 15 is 0 Å². The summed E-state index contributed by atoms with van der Waals surface area (Å²) in [5, 5.41) is 6.01.